The minimum absolute atomic E-state index is 0.0585. The maximum Gasteiger partial charge on any atom is 0.573 e. The fourth-order valence-electron chi connectivity index (χ4n) is 4.95. The molecular formula is C27H26F3N3O5. The Morgan fingerprint density at radius 1 is 1.18 bits per heavy atom. The molecular weight excluding hydrogens is 503 g/mol. The molecule has 0 radical (unpaired) electrons. The van der Waals surface area contributed by atoms with Gasteiger partial charge in [0.05, 0.1) is 18.4 Å². The van der Waals surface area contributed by atoms with Crippen LogP contribution in [0, 0.1) is 6.92 Å². The highest BCUT2D eigenvalue weighted by atomic mass is 19.4. The monoisotopic (exact) mass is 529 g/mol. The van der Waals surface area contributed by atoms with Crippen LogP contribution >= 0.6 is 0 Å². The Morgan fingerprint density at radius 2 is 1.95 bits per heavy atom. The van der Waals surface area contributed by atoms with Crippen molar-refractivity contribution in [2.75, 3.05) is 20.3 Å². The van der Waals surface area contributed by atoms with Gasteiger partial charge in [-0.25, -0.2) is 9.78 Å². The third kappa shape index (κ3) is 4.85. The van der Waals surface area contributed by atoms with Crippen molar-refractivity contribution in [2.24, 2.45) is 0 Å². The minimum atomic E-state index is -4.97. The van der Waals surface area contributed by atoms with E-state index < -0.39 is 18.1 Å². The lowest BCUT2D eigenvalue weighted by molar-refractivity contribution is -0.274. The molecule has 1 aliphatic rings. The second-order valence-electron chi connectivity index (χ2n) is 9.06. The van der Waals surface area contributed by atoms with Gasteiger partial charge in [0.2, 0.25) is 0 Å². The van der Waals surface area contributed by atoms with Crippen molar-refractivity contribution in [1.29, 1.82) is 0 Å². The Labute approximate surface area is 216 Å². The summed E-state index contributed by atoms with van der Waals surface area (Å²) in [5.74, 6) is -0.586. The van der Waals surface area contributed by atoms with Gasteiger partial charge in [-0.05, 0) is 44.0 Å². The first-order valence-electron chi connectivity index (χ1n) is 12.2. The van der Waals surface area contributed by atoms with Crippen LogP contribution in [-0.4, -0.2) is 47.4 Å². The van der Waals surface area contributed by atoms with E-state index in [2.05, 4.69) is 9.89 Å². The number of aromatic nitrogens is 3. The SMILES string of the molecule is CCc1onc(C)c1-c1cnc2c(c1)c(-c1ccc(C(=O)OC)cc1OC(F)(F)F)cn2C1CCOCC1. The first-order valence-corrected chi connectivity index (χ1v) is 12.2. The van der Waals surface area contributed by atoms with Crippen molar-refractivity contribution >= 4 is 17.0 Å². The summed E-state index contributed by atoms with van der Waals surface area (Å²) >= 11 is 0. The molecule has 0 atom stereocenters. The number of esters is 1. The molecule has 0 aliphatic carbocycles. The van der Waals surface area contributed by atoms with Crippen LogP contribution in [0.25, 0.3) is 33.3 Å². The Bertz CT molecular complexity index is 1490. The third-order valence-corrected chi connectivity index (χ3v) is 6.72. The van der Waals surface area contributed by atoms with E-state index >= 15 is 0 Å². The molecule has 0 amide bonds. The number of carbonyl (C=O) groups is 1. The van der Waals surface area contributed by atoms with Crippen molar-refractivity contribution in [3.05, 3.63) is 53.7 Å². The Hall–Kier alpha value is -3.86. The van der Waals surface area contributed by atoms with Crippen LogP contribution < -0.4 is 4.74 Å². The first kappa shape index (κ1) is 25.8. The van der Waals surface area contributed by atoms with E-state index in [4.69, 9.17) is 19.0 Å². The highest BCUT2D eigenvalue weighted by Crippen LogP contribution is 2.42. The number of hydrogen-bond acceptors (Lipinski definition) is 7. The van der Waals surface area contributed by atoms with E-state index in [1.54, 1.807) is 12.4 Å². The number of pyridine rings is 1. The van der Waals surface area contributed by atoms with Crippen molar-refractivity contribution < 1.29 is 36.7 Å². The molecule has 5 rings (SSSR count). The molecule has 0 N–H and O–H groups in total. The molecule has 1 aliphatic heterocycles. The molecule has 11 heteroatoms. The maximum absolute atomic E-state index is 13.5. The van der Waals surface area contributed by atoms with Gasteiger partial charge >= 0.3 is 12.3 Å². The average molecular weight is 530 g/mol. The molecule has 38 heavy (non-hydrogen) atoms. The molecule has 4 heterocycles. The number of halogens is 3. The number of rotatable bonds is 6. The van der Waals surface area contributed by atoms with E-state index in [0.717, 1.165) is 37.1 Å². The van der Waals surface area contributed by atoms with Gasteiger partial charge in [-0.3, -0.25) is 0 Å². The fourth-order valence-corrected chi connectivity index (χ4v) is 4.95. The number of ether oxygens (including phenoxy) is 3. The van der Waals surface area contributed by atoms with Gasteiger partial charge in [-0.1, -0.05) is 12.1 Å². The summed E-state index contributed by atoms with van der Waals surface area (Å²) in [5.41, 5.74) is 3.46. The molecule has 0 bridgehead atoms. The van der Waals surface area contributed by atoms with E-state index in [9.17, 15) is 18.0 Å². The van der Waals surface area contributed by atoms with E-state index in [0.29, 0.717) is 47.7 Å². The minimum Gasteiger partial charge on any atom is -0.465 e. The molecule has 1 fully saturated rings. The quantitative estimate of drug-likeness (QED) is 0.272. The number of nitrogens with zero attached hydrogens (tertiary/aromatic N) is 3. The number of aryl methyl sites for hydroxylation is 2. The van der Waals surface area contributed by atoms with Crippen LogP contribution in [-0.2, 0) is 15.9 Å². The molecule has 0 spiro atoms. The Kier molecular flexibility index (Phi) is 6.87. The molecule has 1 aromatic carbocycles. The predicted molar refractivity (Wildman–Crippen MR) is 132 cm³/mol. The first-order chi connectivity index (χ1) is 18.2. The lowest BCUT2D eigenvalue weighted by Gasteiger charge is -2.24. The fraction of sp³-hybridized carbons (Fsp3) is 0.370. The van der Waals surface area contributed by atoms with Crippen LogP contribution in [0.5, 0.6) is 5.75 Å². The molecule has 3 aromatic heterocycles. The zero-order chi connectivity index (χ0) is 27.0. The number of carbonyl (C=O) groups excluding carboxylic acids is 1. The van der Waals surface area contributed by atoms with Crippen molar-refractivity contribution in [2.45, 2.75) is 45.5 Å². The number of alkyl halides is 3. The molecule has 0 unspecified atom stereocenters. The van der Waals surface area contributed by atoms with Crippen molar-refractivity contribution in [3.63, 3.8) is 0 Å². The Balaban J connectivity index is 1.75. The van der Waals surface area contributed by atoms with E-state index in [1.165, 1.54) is 12.1 Å². The topological polar surface area (TPSA) is 88.6 Å². The smallest absolute Gasteiger partial charge is 0.465 e. The summed E-state index contributed by atoms with van der Waals surface area (Å²) in [7, 11) is 1.16. The van der Waals surface area contributed by atoms with Crippen LogP contribution in [0.4, 0.5) is 13.2 Å². The molecule has 4 aromatic rings. The zero-order valence-electron chi connectivity index (χ0n) is 21.1. The summed E-state index contributed by atoms with van der Waals surface area (Å²) in [6, 6.07) is 5.84. The van der Waals surface area contributed by atoms with Gasteiger partial charge in [-0.2, -0.15) is 0 Å². The van der Waals surface area contributed by atoms with E-state index in [1.807, 2.05) is 24.5 Å². The van der Waals surface area contributed by atoms with Crippen LogP contribution in [0.15, 0.2) is 41.2 Å². The number of benzene rings is 1. The Morgan fingerprint density at radius 3 is 2.63 bits per heavy atom. The molecule has 200 valence electrons. The second-order valence-corrected chi connectivity index (χ2v) is 9.06. The normalized spacial score (nSPS) is 14.7. The number of fused-ring (bicyclic) bond motifs is 1. The lowest BCUT2D eigenvalue weighted by atomic mass is 9.99. The average Bonchev–Trinajstić information content (AvgIpc) is 3.47. The second kappa shape index (κ2) is 10.1. The highest BCUT2D eigenvalue weighted by Gasteiger charge is 2.33. The van der Waals surface area contributed by atoms with Crippen molar-refractivity contribution in [1.82, 2.24) is 14.7 Å². The van der Waals surface area contributed by atoms with Gasteiger partial charge in [0.1, 0.15) is 17.2 Å². The maximum atomic E-state index is 13.5. The zero-order valence-corrected chi connectivity index (χ0v) is 21.1. The van der Waals surface area contributed by atoms with Crippen LogP contribution in [0.3, 0.4) is 0 Å². The van der Waals surface area contributed by atoms with Gasteiger partial charge in [0.25, 0.3) is 0 Å². The predicted octanol–water partition coefficient (Wildman–Crippen LogP) is 6.27. The molecule has 0 saturated carbocycles. The summed E-state index contributed by atoms with van der Waals surface area (Å²) in [5, 5.41) is 4.71. The van der Waals surface area contributed by atoms with Gasteiger partial charge in [-0.15, -0.1) is 13.2 Å². The van der Waals surface area contributed by atoms with Crippen LogP contribution in [0.2, 0.25) is 0 Å². The standard InChI is InChI=1S/C27H26F3N3O5/c1-4-22-24(15(2)32-38-22)17-11-20-21(14-33(25(20)31-13-17)18-7-9-36-10-8-18)19-6-5-16(26(34)35-3)12-23(19)37-27(28,29)30/h5-6,11-14,18H,4,7-10H2,1-3H3. The van der Waals surface area contributed by atoms with Gasteiger partial charge in [0.15, 0.2) is 0 Å². The van der Waals surface area contributed by atoms with Crippen molar-refractivity contribution in [3.8, 4) is 28.0 Å². The van der Waals surface area contributed by atoms with Crippen LogP contribution in [0.1, 0.15) is 47.6 Å². The summed E-state index contributed by atoms with van der Waals surface area (Å²) in [4.78, 5) is 16.8. The van der Waals surface area contributed by atoms with E-state index in [-0.39, 0.29) is 17.2 Å². The summed E-state index contributed by atoms with van der Waals surface area (Å²) < 4.78 is 62.4. The largest absolute Gasteiger partial charge is 0.573 e. The summed E-state index contributed by atoms with van der Waals surface area (Å²) in [6.45, 7) is 4.94. The van der Waals surface area contributed by atoms with Gasteiger partial charge in [0, 0.05) is 65.7 Å². The third-order valence-electron chi connectivity index (χ3n) is 6.72. The molecule has 8 nitrogen and oxygen atoms in total. The number of hydrogen-bond donors (Lipinski definition) is 0. The molecule has 1 saturated heterocycles. The van der Waals surface area contributed by atoms with Gasteiger partial charge < -0.3 is 23.3 Å². The summed E-state index contributed by atoms with van der Waals surface area (Å²) in [6.07, 6.45) is 0.655. The number of methoxy groups -OCH3 is 1. The highest BCUT2D eigenvalue weighted by molar-refractivity contribution is 5.99. The lowest BCUT2D eigenvalue weighted by Crippen LogP contribution is -2.19.